The first-order valence-electron chi connectivity index (χ1n) is 7.55. The van der Waals surface area contributed by atoms with Crippen molar-refractivity contribution in [2.75, 3.05) is 11.9 Å². The lowest BCUT2D eigenvalue weighted by molar-refractivity contribution is 0.632. The van der Waals surface area contributed by atoms with Crippen molar-refractivity contribution >= 4 is 17.6 Å². The van der Waals surface area contributed by atoms with Gasteiger partial charge in [0.2, 0.25) is 0 Å². The van der Waals surface area contributed by atoms with Crippen molar-refractivity contribution in [2.45, 2.75) is 64.9 Å². The Balaban J connectivity index is 2.85. The van der Waals surface area contributed by atoms with E-state index in [0.29, 0.717) is 5.92 Å². The van der Waals surface area contributed by atoms with E-state index in [2.05, 4.69) is 57.9 Å². The SMILES string of the molecule is CCCNc1cc(CC(C)C)nc(CSC(C)(C)C)n1. The van der Waals surface area contributed by atoms with Crippen LogP contribution in [0, 0.1) is 5.92 Å². The summed E-state index contributed by atoms with van der Waals surface area (Å²) in [6.45, 7) is 14.3. The van der Waals surface area contributed by atoms with Crippen molar-refractivity contribution < 1.29 is 0 Å². The number of rotatable bonds is 7. The van der Waals surface area contributed by atoms with E-state index in [4.69, 9.17) is 4.98 Å². The minimum atomic E-state index is 0.244. The number of hydrogen-bond donors (Lipinski definition) is 1. The Morgan fingerprint density at radius 1 is 1.25 bits per heavy atom. The number of anilines is 1. The summed E-state index contributed by atoms with van der Waals surface area (Å²) in [4.78, 5) is 9.35. The average molecular weight is 295 g/mol. The highest BCUT2D eigenvalue weighted by atomic mass is 32.2. The summed E-state index contributed by atoms with van der Waals surface area (Å²) in [5.74, 6) is 3.41. The standard InChI is InChI=1S/C16H29N3S/c1-7-8-17-14-10-13(9-12(2)3)18-15(19-14)11-20-16(4,5)6/h10,12H,7-9,11H2,1-6H3,(H,17,18,19). The second kappa shape index (κ2) is 7.87. The molecule has 0 aliphatic rings. The molecule has 0 saturated carbocycles. The summed E-state index contributed by atoms with van der Waals surface area (Å²) >= 11 is 1.89. The molecule has 0 atom stereocenters. The summed E-state index contributed by atoms with van der Waals surface area (Å²) in [7, 11) is 0. The van der Waals surface area contributed by atoms with E-state index >= 15 is 0 Å². The lowest BCUT2D eigenvalue weighted by Crippen LogP contribution is -2.11. The molecule has 0 aliphatic carbocycles. The summed E-state index contributed by atoms with van der Waals surface area (Å²) in [5.41, 5.74) is 1.15. The fourth-order valence-electron chi connectivity index (χ4n) is 1.76. The predicted octanol–water partition coefficient (Wildman–Crippen LogP) is 4.53. The van der Waals surface area contributed by atoms with Crippen molar-refractivity contribution in [1.82, 2.24) is 9.97 Å². The highest BCUT2D eigenvalue weighted by Gasteiger charge is 2.13. The third kappa shape index (κ3) is 7.13. The molecule has 1 heterocycles. The maximum Gasteiger partial charge on any atom is 0.140 e. The molecular formula is C16H29N3S. The monoisotopic (exact) mass is 295 g/mol. The maximum atomic E-state index is 4.71. The van der Waals surface area contributed by atoms with Crippen LogP contribution >= 0.6 is 11.8 Å². The molecule has 0 bridgehead atoms. The zero-order chi connectivity index (χ0) is 15.2. The van der Waals surface area contributed by atoms with E-state index in [9.17, 15) is 0 Å². The zero-order valence-corrected chi connectivity index (χ0v) is 14.6. The number of aromatic nitrogens is 2. The third-order valence-corrected chi connectivity index (χ3v) is 3.90. The fourth-order valence-corrected chi connectivity index (χ4v) is 2.46. The number of nitrogens with zero attached hydrogens (tertiary/aromatic N) is 2. The molecule has 0 aliphatic heterocycles. The van der Waals surface area contributed by atoms with Crippen LogP contribution in [-0.2, 0) is 12.2 Å². The van der Waals surface area contributed by atoms with Crippen LogP contribution in [0.1, 0.15) is 59.5 Å². The summed E-state index contributed by atoms with van der Waals surface area (Å²) < 4.78 is 0.244. The lowest BCUT2D eigenvalue weighted by Gasteiger charge is -2.17. The average Bonchev–Trinajstić information content (AvgIpc) is 2.32. The van der Waals surface area contributed by atoms with Gasteiger partial charge in [-0.3, -0.25) is 0 Å². The molecule has 1 N–H and O–H groups in total. The van der Waals surface area contributed by atoms with Gasteiger partial charge in [-0.25, -0.2) is 9.97 Å². The van der Waals surface area contributed by atoms with Crippen LogP contribution in [0.3, 0.4) is 0 Å². The van der Waals surface area contributed by atoms with Crippen molar-refractivity contribution in [3.63, 3.8) is 0 Å². The molecular weight excluding hydrogens is 266 g/mol. The minimum absolute atomic E-state index is 0.244. The van der Waals surface area contributed by atoms with Crippen LogP contribution < -0.4 is 5.32 Å². The van der Waals surface area contributed by atoms with E-state index < -0.39 is 0 Å². The second-order valence-electron chi connectivity index (χ2n) is 6.59. The highest BCUT2D eigenvalue weighted by molar-refractivity contribution is 7.99. The van der Waals surface area contributed by atoms with Crippen molar-refractivity contribution in [3.05, 3.63) is 17.6 Å². The smallest absolute Gasteiger partial charge is 0.140 e. The molecule has 0 spiro atoms. The van der Waals surface area contributed by atoms with Gasteiger partial charge in [0.1, 0.15) is 11.6 Å². The lowest BCUT2D eigenvalue weighted by atomic mass is 10.1. The number of hydrogen-bond acceptors (Lipinski definition) is 4. The molecule has 4 heteroatoms. The summed E-state index contributed by atoms with van der Waals surface area (Å²) in [6, 6.07) is 2.10. The van der Waals surface area contributed by atoms with Crippen LogP contribution in [0.4, 0.5) is 5.82 Å². The highest BCUT2D eigenvalue weighted by Crippen LogP contribution is 2.26. The topological polar surface area (TPSA) is 37.8 Å². The molecule has 114 valence electrons. The molecule has 1 rings (SSSR count). The minimum Gasteiger partial charge on any atom is -0.370 e. The number of nitrogens with one attached hydrogen (secondary N) is 1. The van der Waals surface area contributed by atoms with Crippen LogP contribution in [0.2, 0.25) is 0 Å². The third-order valence-electron chi connectivity index (χ3n) is 2.63. The van der Waals surface area contributed by atoms with Gasteiger partial charge in [-0.05, 0) is 18.8 Å². The second-order valence-corrected chi connectivity index (χ2v) is 8.39. The maximum absolute atomic E-state index is 4.71. The Labute approximate surface area is 128 Å². The van der Waals surface area contributed by atoms with Crippen molar-refractivity contribution in [2.24, 2.45) is 5.92 Å². The Hall–Kier alpha value is -0.770. The van der Waals surface area contributed by atoms with Gasteiger partial charge in [-0.2, -0.15) is 0 Å². The Bertz CT molecular complexity index is 411. The van der Waals surface area contributed by atoms with Gasteiger partial charge >= 0.3 is 0 Å². The van der Waals surface area contributed by atoms with Crippen LogP contribution in [-0.4, -0.2) is 21.3 Å². The van der Waals surface area contributed by atoms with Crippen LogP contribution in [0.25, 0.3) is 0 Å². The van der Waals surface area contributed by atoms with Gasteiger partial charge in [0, 0.05) is 23.1 Å². The molecule has 0 amide bonds. The zero-order valence-electron chi connectivity index (χ0n) is 13.8. The molecule has 1 aromatic rings. The molecule has 0 aromatic carbocycles. The fraction of sp³-hybridized carbons (Fsp3) is 0.750. The predicted molar refractivity (Wildman–Crippen MR) is 90.4 cm³/mol. The molecule has 0 fully saturated rings. The molecule has 0 unspecified atom stereocenters. The summed E-state index contributed by atoms with van der Waals surface area (Å²) in [6.07, 6.45) is 2.12. The molecule has 0 radical (unpaired) electrons. The molecule has 1 aromatic heterocycles. The molecule has 20 heavy (non-hydrogen) atoms. The van der Waals surface area contributed by atoms with Crippen LogP contribution in [0.15, 0.2) is 6.07 Å². The molecule has 0 saturated heterocycles. The van der Waals surface area contributed by atoms with Gasteiger partial charge in [0.15, 0.2) is 0 Å². The normalized spacial score (nSPS) is 11.9. The van der Waals surface area contributed by atoms with Gasteiger partial charge in [0.05, 0.1) is 5.75 Å². The van der Waals surface area contributed by atoms with Gasteiger partial charge in [0.25, 0.3) is 0 Å². The first-order chi connectivity index (χ1) is 9.30. The van der Waals surface area contributed by atoms with E-state index in [1.54, 1.807) is 0 Å². The first kappa shape index (κ1) is 17.3. The van der Waals surface area contributed by atoms with E-state index in [1.165, 1.54) is 0 Å². The largest absolute Gasteiger partial charge is 0.370 e. The molecule has 3 nitrogen and oxygen atoms in total. The van der Waals surface area contributed by atoms with Gasteiger partial charge < -0.3 is 5.32 Å². The number of thioether (sulfide) groups is 1. The van der Waals surface area contributed by atoms with Gasteiger partial charge in [-0.1, -0.05) is 41.5 Å². The van der Waals surface area contributed by atoms with Crippen molar-refractivity contribution in [1.29, 1.82) is 0 Å². The Kier molecular flexibility index (Phi) is 6.80. The van der Waals surface area contributed by atoms with Crippen molar-refractivity contribution in [3.8, 4) is 0 Å². The van der Waals surface area contributed by atoms with E-state index in [1.807, 2.05) is 11.8 Å². The van der Waals surface area contributed by atoms with Crippen LogP contribution in [0.5, 0.6) is 0 Å². The Morgan fingerprint density at radius 2 is 1.95 bits per heavy atom. The first-order valence-corrected chi connectivity index (χ1v) is 8.53. The summed E-state index contributed by atoms with van der Waals surface area (Å²) in [5, 5.41) is 3.39. The Morgan fingerprint density at radius 3 is 2.50 bits per heavy atom. The van der Waals surface area contributed by atoms with E-state index in [-0.39, 0.29) is 4.75 Å². The van der Waals surface area contributed by atoms with Gasteiger partial charge in [-0.15, -0.1) is 11.8 Å². The quantitative estimate of drug-likeness (QED) is 0.802. The van der Waals surface area contributed by atoms with E-state index in [0.717, 1.165) is 42.5 Å².